The maximum atomic E-state index is 12.0. The van der Waals surface area contributed by atoms with Gasteiger partial charge in [-0.05, 0) is 31.2 Å². The van der Waals surface area contributed by atoms with Crippen molar-refractivity contribution in [3.63, 3.8) is 0 Å². The summed E-state index contributed by atoms with van der Waals surface area (Å²) in [6.45, 7) is 14.8. The van der Waals surface area contributed by atoms with E-state index in [1.807, 2.05) is 48.5 Å². The molecule has 0 bridgehead atoms. The van der Waals surface area contributed by atoms with Gasteiger partial charge in [-0.25, -0.2) is 8.42 Å². The fourth-order valence-electron chi connectivity index (χ4n) is 1.34. The third-order valence-corrected chi connectivity index (χ3v) is 4.18. The summed E-state index contributed by atoms with van der Waals surface area (Å²) in [7, 11) is -1.66. The highest BCUT2D eigenvalue weighted by Gasteiger charge is 2.15. The molecule has 0 unspecified atom stereocenters. The lowest BCUT2D eigenvalue weighted by Gasteiger charge is -2.03. The van der Waals surface area contributed by atoms with E-state index < -0.39 is 9.84 Å². The van der Waals surface area contributed by atoms with E-state index in [1.54, 1.807) is 67.8 Å². The van der Waals surface area contributed by atoms with Crippen LogP contribution in [0.3, 0.4) is 0 Å². The molecule has 0 aliphatic heterocycles. The Morgan fingerprint density at radius 1 is 0.680 bits per heavy atom. The highest BCUT2D eigenvalue weighted by Crippen LogP contribution is 2.19. The third-order valence-electron chi connectivity index (χ3n) is 2.40. The number of methoxy groups -OCH3 is 1. The quantitative estimate of drug-likeness (QED) is 0.643. The van der Waals surface area contributed by atoms with Crippen LogP contribution in [0.4, 0.5) is 0 Å². The summed E-state index contributed by atoms with van der Waals surface area (Å²) in [6, 6.07) is 16.9. The predicted octanol–water partition coefficient (Wildman–Crippen LogP) is 6.25. The fraction of sp³-hybridized carbons (Fsp3) is 0.429. The molecule has 0 aliphatic carbocycles. The minimum atomic E-state index is -3.34. The van der Waals surface area contributed by atoms with E-state index in [0.29, 0.717) is 9.79 Å². The lowest BCUT2D eigenvalue weighted by Crippen LogP contribution is -2.00. The number of ether oxygens (including phenoxy) is 1. The Morgan fingerprint density at radius 3 is 1.12 bits per heavy atom. The molecule has 0 amide bonds. The Hall–Kier alpha value is -1.65. The van der Waals surface area contributed by atoms with Gasteiger partial charge in [0.2, 0.25) is 9.84 Å². The van der Waals surface area contributed by atoms with Crippen LogP contribution in [0.25, 0.3) is 0 Å². The topological polar surface area (TPSA) is 43.4 Å². The first-order valence-corrected chi connectivity index (χ1v) is 10.5. The standard InChI is InChI=1S/C12H10O2S.C3H8O.3C2H6/c13-15(14,11-7-3-1-4-8-11)12-9-5-2-6-10-12;1-3-4-2;3*1-2/h1-10H;3H2,1-2H3;3*1-2H3. The zero-order valence-corrected chi connectivity index (χ0v) is 17.9. The molecule has 2 rings (SSSR count). The Labute approximate surface area is 156 Å². The van der Waals surface area contributed by atoms with Gasteiger partial charge in [0.1, 0.15) is 0 Å². The minimum absolute atomic E-state index is 0.330. The van der Waals surface area contributed by atoms with E-state index in [9.17, 15) is 8.42 Å². The molecule has 0 fully saturated rings. The second kappa shape index (κ2) is 20.4. The van der Waals surface area contributed by atoms with Crippen LogP contribution in [0.15, 0.2) is 70.5 Å². The van der Waals surface area contributed by atoms with Crippen molar-refractivity contribution in [3.8, 4) is 0 Å². The van der Waals surface area contributed by atoms with Gasteiger partial charge in [0.05, 0.1) is 9.79 Å². The van der Waals surface area contributed by atoms with Crippen molar-refractivity contribution < 1.29 is 13.2 Å². The summed E-state index contributed by atoms with van der Waals surface area (Å²) in [5, 5.41) is 0. The van der Waals surface area contributed by atoms with Crippen molar-refractivity contribution in [3.05, 3.63) is 60.7 Å². The SMILES string of the molecule is CC.CC.CC.CCOC.O=S(=O)(c1ccccc1)c1ccccc1. The molecule has 0 saturated carbocycles. The molecule has 2 aromatic rings. The number of rotatable bonds is 3. The molecule has 144 valence electrons. The minimum Gasteiger partial charge on any atom is -0.385 e. The summed E-state index contributed by atoms with van der Waals surface area (Å²) in [4.78, 5) is 0.660. The Kier molecular flexibility index (Phi) is 23.0. The highest BCUT2D eigenvalue weighted by molar-refractivity contribution is 7.91. The number of benzene rings is 2. The Bertz CT molecular complexity index is 517. The van der Waals surface area contributed by atoms with Gasteiger partial charge in [-0.3, -0.25) is 0 Å². The van der Waals surface area contributed by atoms with Gasteiger partial charge in [0.15, 0.2) is 0 Å². The molecule has 3 nitrogen and oxygen atoms in total. The van der Waals surface area contributed by atoms with Gasteiger partial charge in [0.25, 0.3) is 0 Å². The second-order valence-electron chi connectivity index (χ2n) is 3.71. The van der Waals surface area contributed by atoms with Gasteiger partial charge < -0.3 is 4.74 Å². The predicted molar refractivity (Wildman–Crippen MR) is 110 cm³/mol. The number of sulfone groups is 1. The largest absolute Gasteiger partial charge is 0.385 e. The van der Waals surface area contributed by atoms with Crippen molar-refractivity contribution in [2.24, 2.45) is 0 Å². The number of hydrogen-bond acceptors (Lipinski definition) is 3. The fourth-order valence-corrected chi connectivity index (χ4v) is 2.64. The van der Waals surface area contributed by atoms with E-state index >= 15 is 0 Å². The molecular formula is C21H36O3S. The first-order chi connectivity index (χ1) is 12.1. The zero-order valence-electron chi connectivity index (χ0n) is 17.1. The molecule has 0 aliphatic rings. The normalized spacial score (nSPS) is 8.64. The van der Waals surface area contributed by atoms with Crippen LogP contribution in [0.5, 0.6) is 0 Å². The summed E-state index contributed by atoms with van der Waals surface area (Å²) < 4.78 is 28.6. The lowest BCUT2D eigenvalue weighted by atomic mass is 10.4. The van der Waals surface area contributed by atoms with Crippen molar-refractivity contribution >= 4 is 9.84 Å². The van der Waals surface area contributed by atoms with Crippen LogP contribution in [0.2, 0.25) is 0 Å². The van der Waals surface area contributed by atoms with Gasteiger partial charge >= 0.3 is 0 Å². The maximum Gasteiger partial charge on any atom is 0.206 e. The van der Waals surface area contributed by atoms with Gasteiger partial charge in [-0.2, -0.15) is 0 Å². The summed E-state index contributed by atoms with van der Waals surface area (Å²) in [6.07, 6.45) is 0. The van der Waals surface area contributed by atoms with Crippen molar-refractivity contribution in [1.29, 1.82) is 0 Å². The Morgan fingerprint density at radius 2 is 0.920 bits per heavy atom. The summed E-state index contributed by atoms with van der Waals surface area (Å²) in [5.41, 5.74) is 0. The van der Waals surface area contributed by atoms with Gasteiger partial charge in [-0.1, -0.05) is 77.9 Å². The van der Waals surface area contributed by atoms with Crippen LogP contribution in [0, 0.1) is 0 Å². The molecular weight excluding hydrogens is 332 g/mol. The van der Waals surface area contributed by atoms with Crippen LogP contribution in [0.1, 0.15) is 48.5 Å². The van der Waals surface area contributed by atoms with Gasteiger partial charge in [-0.15, -0.1) is 0 Å². The van der Waals surface area contributed by atoms with Crippen molar-refractivity contribution in [2.45, 2.75) is 58.3 Å². The van der Waals surface area contributed by atoms with E-state index in [0.717, 1.165) is 6.61 Å². The van der Waals surface area contributed by atoms with Gasteiger partial charge in [0, 0.05) is 13.7 Å². The zero-order chi connectivity index (χ0) is 20.1. The monoisotopic (exact) mass is 368 g/mol. The molecule has 0 aromatic heterocycles. The highest BCUT2D eigenvalue weighted by atomic mass is 32.2. The van der Waals surface area contributed by atoms with E-state index in [2.05, 4.69) is 4.74 Å². The van der Waals surface area contributed by atoms with E-state index in [-0.39, 0.29) is 0 Å². The lowest BCUT2D eigenvalue weighted by molar-refractivity contribution is 0.215. The van der Waals surface area contributed by atoms with Crippen molar-refractivity contribution in [2.75, 3.05) is 13.7 Å². The molecule has 2 aromatic carbocycles. The first-order valence-electron chi connectivity index (χ1n) is 8.97. The molecule has 0 radical (unpaired) electrons. The average Bonchev–Trinajstić information content (AvgIpc) is 2.74. The number of hydrogen-bond donors (Lipinski definition) is 0. The molecule has 0 saturated heterocycles. The van der Waals surface area contributed by atoms with E-state index in [4.69, 9.17) is 0 Å². The summed E-state index contributed by atoms with van der Waals surface area (Å²) in [5.74, 6) is 0. The van der Waals surface area contributed by atoms with Crippen LogP contribution < -0.4 is 0 Å². The molecule has 0 spiro atoms. The smallest absolute Gasteiger partial charge is 0.206 e. The van der Waals surface area contributed by atoms with Crippen LogP contribution in [-0.4, -0.2) is 22.1 Å². The summed E-state index contributed by atoms with van der Waals surface area (Å²) >= 11 is 0. The first kappa shape index (κ1) is 28.2. The Balaban J connectivity index is -0.000000412. The van der Waals surface area contributed by atoms with Crippen LogP contribution >= 0.6 is 0 Å². The third kappa shape index (κ3) is 12.4. The average molecular weight is 369 g/mol. The molecule has 0 N–H and O–H groups in total. The van der Waals surface area contributed by atoms with E-state index in [1.165, 1.54) is 0 Å². The molecule has 0 heterocycles. The van der Waals surface area contributed by atoms with Crippen molar-refractivity contribution in [1.82, 2.24) is 0 Å². The molecule has 4 heteroatoms. The second-order valence-corrected chi connectivity index (χ2v) is 5.66. The molecule has 0 atom stereocenters. The van der Waals surface area contributed by atoms with Crippen LogP contribution in [-0.2, 0) is 14.6 Å². The maximum absolute atomic E-state index is 12.0. The molecule has 25 heavy (non-hydrogen) atoms.